The van der Waals surface area contributed by atoms with Crippen LogP contribution in [-0.4, -0.2) is 33.3 Å². The Kier molecular flexibility index (Phi) is 6.10. The molecule has 0 fully saturated rings. The Bertz CT molecular complexity index is 1300. The molecule has 3 aromatic rings. The first-order valence-corrected chi connectivity index (χ1v) is 11.7. The third-order valence-corrected chi connectivity index (χ3v) is 7.12. The van der Waals surface area contributed by atoms with Gasteiger partial charge in [-0.15, -0.1) is 0 Å². The molecule has 0 bridgehead atoms. The second-order valence-electron chi connectivity index (χ2n) is 6.99. The zero-order valence-electron chi connectivity index (χ0n) is 16.5. The second-order valence-corrected chi connectivity index (χ2v) is 9.73. The van der Waals surface area contributed by atoms with Crippen LogP contribution in [0.25, 0.3) is 0 Å². The van der Waals surface area contributed by atoms with Gasteiger partial charge < -0.3 is 5.32 Å². The van der Waals surface area contributed by atoms with Gasteiger partial charge in [0.1, 0.15) is 13.1 Å². The van der Waals surface area contributed by atoms with E-state index < -0.39 is 22.5 Å². The summed E-state index contributed by atoms with van der Waals surface area (Å²) in [4.78, 5) is 26.6. The van der Waals surface area contributed by atoms with Crippen LogP contribution in [0.1, 0.15) is 0 Å². The third-order valence-electron chi connectivity index (χ3n) is 4.85. The molecule has 10 heteroatoms. The Morgan fingerprint density at radius 2 is 1.69 bits per heavy atom. The Balaban J connectivity index is 1.74. The summed E-state index contributed by atoms with van der Waals surface area (Å²) in [6.45, 7) is -0.757. The summed E-state index contributed by atoms with van der Waals surface area (Å²) in [6.07, 6.45) is 0. The van der Waals surface area contributed by atoms with E-state index in [1.165, 1.54) is 35.2 Å². The average molecular weight is 490 g/mol. The van der Waals surface area contributed by atoms with Gasteiger partial charge in [-0.1, -0.05) is 41.4 Å². The van der Waals surface area contributed by atoms with Crippen LogP contribution < -0.4 is 14.5 Å². The number of halogens is 2. The fourth-order valence-corrected chi connectivity index (χ4v) is 5.06. The minimum Gasteiger partial charge on any atom is -0.323 e. The predicted octanol–water partition coefficient (Wildman–Crippen LogP) is 4.17. The van der Waals surface area contributed by atoms with E-state index in [1.807, 2.05) is 0 Å². The van der Waals surface area contributed by atoms with Crippen molar-refractivity contribution in [2.45, 2.75) is 4.90 Å². The van der Waals surface area contributed by atoms with Gasteiger partial charge in [0.2, 0.25) is 11.8 Å². The van der Waals surface area contributed by atoms with Crippen molar-refractivity contribution >= 4 is 62.1 Å². The lowest BCUT2D eigenvalue weighted by Crippen LogP contribution is -2.48. The van der Waals surface area contributed by atoms with Crippen molar-refractivity contribution in [2.75, 3.05) is 27.6 Å². The highest BCUT2D eigenvalue weighted by Crippen LogP contribution is 2.31. The van der Waals surface area contributed by atoms with E-state index in [0.717, 1.165) is 4.31 Å². The van der Waals surface area contributed by atoms with Crippen molar-refractivity contribution in [1.82, 2.24) is 0 Å². The molecule has 1 aliphatic rings. The first-order chi connectivity index (χ1) is 15.3. The standard InChI is InChI=1S/C22H17Cl2N3O4S/c23-15-8-10-18(11-9-15)32(30,31)27(17-5-3-4-16(24)12-17)14-22(29)26-13-21(28)25-19-6-1-2-7-20(19)26/h1-12H,13-14H2,(H,25,28). The number of hydrogen-bond donors (Lipinski definition) is 1. The maximum absolute atomic E-state index is 13.5. The number of para-hydroxylation sites is 2. The fourth-order valence-electron chi connectivity index (χ4n) is 3.34. The average Bonchev–Trinajstić information content (AvgIpc) is 2.76. The van der Waals surface area contributed by atoms with E-state index in [2.05, 4.69) is 5.32 Å². The van der Waals surface area contributed by atoms with Crippen molar-refractivity contribution in [2.24, 2.45) is 0 Å². The molecule has 4 rings (SSSR count). The largest absolute Gasteiger partial charge is 0.323 e. The van der Waals surface area contributed by atoms with Crippen molar-refractivity contribution in [3.63, 3.8) is 0 Å². The first-order valence-electron chi connectivity index (χ1n) is 9.49. The highest BCUT2D eigenvalue weighted by atomic mass is 35.5. The number of nitrogens with zero attached hydrogens (tertiary/aromatic N) is 2. The van der Waals surface area contributed by atoms with Crippen LogP contribution in [0.2, 0.25) is 10.0 Å². The van der Waals surface area contributed by atoms with Crippen molar-refractivity contribution in [3.05, 3.63) is 82.8 Å². The summed E-state index contributed by atoms with van der Waals surface area (Å²) in [5.74, 6) is -0.934. The molecule has 0 unspecified atom stereocenters. The van der Waals surface area contributed by atoms with Gasteiger partial charge >= 0.3 is 0 Å². The molecule has 164 valence electrons. The predicted molar refractivity (Wildman–Crippen MR) is 125 cm³/mol. The Hall–Kier alpha value is -3.07. The molecule has 32 heavy (non-hydrogen) atoms. The zero-order chi connectivity index (χ0) is 22.9. The third kappa shape index (κ3) is 4.43. The number of rotatable bonds is 5. The number of hydrogen-bond acceptors (Lipinski definition) is 4. The first kappa shape index (κ1) is 22.1. The van der Waals surface area contributed by atoms with Gasteiger partial charge in [0, 0.05) is 10.0 Å². The summed E-state index contributed by atoms with van der Waals surface area (Å²) in [7, 11) is -4.14. The smallest absolute Gasteiger partial charge is 0.264 e. The number of nitrogens with one attached hydrogen (secondary N) is 1. The van der Waals surface area contributed by atoms with Crippen LogP contribution >= 0.6 is 23.2 Å². The lowest BCUT2D eigenvalue weighted by molar-refractivity contribution is -0.121. The summed E-state index contributed by atoms with van der Waals surface area (Å²) >= 11 is 12.0. The minimum absolute atomic E-state index is 0.0357. The maximum atomic E-state index is 13.5. The normalized spacial score (nSPS) is 13.3. The molecule has 0 aromatic heterocycles. The van der Waals surface area contributed by atoms with Crippen LogP contribution in [0.15, 0.2) is 77.7 Å². The lowest BCUT2D eigenvalue weighted by Gasteiger charge is -2.32. The highest BCUT2D eigenvalue weighted by molar-refractivity contribution is 7.92. The van der Waals surface area contributed by atoms with E-state index in [0.29, 0.717) is 21.4 Å². The second kappa shape index (κ2) is 8.82. The minimum atomic E-state index is -4.14. The topological polar surface area (TPSA) is 86.8 Å². The van der Waals surface area contributed by atoms with E-state index in [-0.39, 0.29) is 23.0 Å². The van der Waals surface area contributed by atoms with E-state index in [9.17, 15) is 18.0 Å². The number of anilines is 3. The molecule has 1 heterocycles. The van der Waals surface area contributed by atoms with Crippen LogP contribution in [0.4, 0.5) is 17.1 Å². The molecule has 0 saturated heterocycles. The molecule has 0 atom stereocenters. The van der Waals surface area contributed by atoms with Crippen LogP contribution in [0.3, 0.4) is 0 Å². The summed E-state index contributed by atoms with van der Waals surface area (Å²) < 4.78 is 27.9. The van der Waals surface area contributed by atoms with Gasteiger partial charge in [-0.05, 0) is 54.6 Å². The molecule has 0 saturated carbocycles. The summed E-state index contributed by atoms with van der Waals surface area (Å²) in [5, 5.41) is 3.40. The van der Waals surface area contributed by atoms with Gasteiger partial charge in [-0.3, -0.25) is 18.8 Å². The molecule has 7 nitrogen and oxygen atoms in total. The van der Waals surface area contributed by atoms with Crippen molar-refractivity contribution < 1.29 is 18.0 Å². The molecule has 0 radical (unpaired) electrons. The van der Waals surface area contributed by atoms with E-state index in [1.54, 1.807) is 42.5 Å². The van der Waals surface area contributed by atoms with Gasteiger partial charge in [-0.2, -0.15) is 0 Å². The summed E-state index contributed by atoms with van der Waals surface area (Å²) in [6, 6.07) is 18.7. The Morgan fingerprint density at radius 1 is 0.969 bits per heavy atom. The monoisotopic (exact) mass is 489 g/mol. The molecule has 0 aliphatic carbocycles. The molecular weight excluding hydrogens is 473 g/mol. The number of carbonyl (C=O) groups excluding carboxylic acids is 2. The van der Waals surface area contributed by atoms with Crippen LogP contribution in [-0.2, 0) is 19.6 Å². The van der Waals surface area contributed by atoms with Gasteiger partial charge in [0.25, 0.3) is 10.0 Å². The molecule has 1 aliphatic heterocycles. The van der Waals surface area contributed by atoms with E-state index in [4.69, 9.17) is 23.2 Å². The van der Waals surface area contributed by atoms with E-state index >= 15 is 0 Å². The van der Waals surface area contributed by atoms with Crippen molar-refractivity contribution in [1.29, 1.82) is 0 Å². The Morgan fingerprint density at radius 3 is 2.41 bits per heavy atom. The van der Waals surface area contributed by atoms with Crippen LogP contribution in [0.5, 0.6) is 0 Å². The molecule has 1 N–H and O–H groups in total. The maximum Gasteiger partial charge on any atom is 0.264 e. The SMILES string of the molecule is O=C1CN(C(=O)CN(c2cccc(Cl)c2)S(=O)(=O)c2ccc(Cl)cc2)c2ccccc2N1. The molecule has 0 spiro atoms. The lowest BCUT2D eigenvalue weighted by atomic mass is 10.2. The van der Waals surface area contributed by atoms with Gasteiger partial charge in [0.05, 0.1) is 22.0 Å². The molecule has 3 aromatic carbocycles. The number of amides is 2. The number of fused-ring (bicyclic) bond motifs is 1. The Labute approximate surface area is 195 Å². The van der Waals surface area contributed by atoms with Gasteiger partial charge in [0.15, 0.2) is 0 Å². The number of carbonyl (C=O) groups is 2. The summed E-state index contributed by atoms with van der Waals surface area (Å²) in [5.41, 5.74) is 1.19. The molecule has 2 amide bonds. The van der Waals surface area contributed by atoms with Crippen LogP contribution in [0, 0.1) is 0 Å². The zero-order valence-corrected chi connectivity index (χ0v) is 18.9. The fraction of sp³-hybridized carbons (Fsp3) is 0.0909. The molecular formula is C22H17Cl2N3O4S. The number of benzene rings is 3. The van der Waals surface area contributed by atoms with Crippen molar-refractivity contribution in [3.8, 4) is 0 Å². The number of sulfonamides is 1. The quantitative estimate of drug-likeness (QED) is 0.582. The highest BCUT2D eigenvalue weighted by Gasteiger charge is 2.32. The van der Waals surface area contributed by atoms with Gasteiger partial charge in [-0.25, -0.2) is 8.42 Å².